The maximum absolute atomic E-state index is 11.9. The Kier molecular flexibility index (Phi) is 10.8. The van der Waals surface area contributed by atoms with Crippen LogP contribution in [0, 0.1) is 5.92 Å². The van der Waals surface area contributed by atoms with E-state index < -0.39 is 22.4 Å². The number of hydrogen-bond acceptors (Lipinski definition) is 1. The van der Waals surface area contributed by atoms with Crippen LogP contribution in [-0.2, 0) is 4.57 Å². The lowest BCUT2D eigenvalue weighted by atomic mass is 9.98. The number of alkyl halides is 6. The van der Waals surface area contributed by atoms with Crippen LogP contribution >= 0.6 is 90.2 Å². The van der Waals surface area contributed by atoms with Crippen LogP contribution in [0.4, 0.5) is 0 Å². The Labute approximate surface area is 153 Å². The molecule has 0 aromatic rings. The Morgan fingerprint density at radius 3 is 1.89 bits per heavy atom. The quantitative estimate of drug-likeness (QED) is 0.319. The minimum Gasteiger partial charge on any atom is -0.323 e. The van der Waals surface area contributed by atoms with Gasteiger partial charge in [0.1, 0.15) is 4.07 Å². The topological polar surface area (TPSA) is 57.5 Å². The van der Waals surface area contributed by atoms with Gasteiger partial charge in [0, 0.05) is 33.2 Å². The Bertz CT molecular complexity index is 320. The Morgan fingerprint density at radius 2 is 1.58 bits per heavy atom. The molecule has 0 aromatic carbocycles. The molecule has 0 bridgehead atoms. The molecule has 116 valence electrons. The van der Waals surface area contributed by atoms with Crippen LogP contribution in [0.1, 0.15) is 12.8 Å². The fourth-order valence-corrected chi connectivity index (χ4v) is 8.31. The Morgan fingerprint density at radius 1 is 1.11 bits per heavy atom. The zero-order valence-corrected chi connectivity index (χ0v) is 17.7. The lowest BCUT2D eigenvalue weighted by Crippen LogP contribution is -2.45. The van der Waals surface area contributed by atoms with Crippen molar-refractivity contribution in [2.75, 3.05) is 17.6 Å². The molecule has 0 aliphatic carbocycles. The van der Waals surface area contributed by atoms with Gasteiger partial charge in [-0.1, -0.05) is 47.8 Å². The summed E-state index contributed by atoms with van der Waals surface area (Å²) in [5.74, 6) is 0.214. The summed E-state index contributed by atoms with van der Waals surface area (Å²) in [6.45, 7) is 0. The lowest BCUT2D eigenvalue weighted by molar-refractivity contribution is 0.322. The molecule has 4 atom stereocenters. The van der Waals surface area contributed by atoms with Crippen LogP contribution in [0.5, 0.6) is 0 Å². The lowest BCUT2D eigenvalue weighted by Gasteiger charge is -2.41. The van der Waals surface area contributed by atoms with Crippen molar-refractivity contribution in [1.29, 1.82) is 0 Å². The first-order valence-electron chi connectivity index (χ1n) is 5.37. The maximum Gasteiger partial charge on any atom is 0.343 e. The van der Waals surface area contributed by atoms with E-state index in [2.05, 4.69) is 47.8 Å². The van der Waals surface area contributed by atoms with E-state index in [0.29, 0.717) is 18.7 Å². The van der Waals surface area contributed by atoms with Gasteiger partial charge in [-0.2, -0.15) is 0 Å². The molecule has 19 heavy (non-hydrogen) atoms. The highest BCUT2D eigenvalue weighted by Gasteiger charge is 2.56. The van der Waals surface area contributed by atoms with Crippen molar-refractivity contribution in [3.63, 3.8) is 0 Å². The van der Waals surface area contributed by atoms with Crippen molar-refractivity contribution in [3.8, 4) is 0 Å². The smallest absolute Gasteiger partial charge is 0.323 e. The van der Waals surface area contributed by atoms with Gasteiger partial charge in [-0.3, -0.25) is 4.57 Å². The van der Waals surface area contributed by atoms with Crippen molar-refractivity contribution in [2.24, 2.45) is 5.92 Å². The molecule has 0 radical (unpaired) electrons. The summed E-state index contributed by atoms with van der Waals surface area (Å²) >= 11 is 27.3. The third kappa shape index (κ3) is 5.54. The first kappa shape index (κ1) is 21.5. The monoisotopic (exact) mass is 544 g/mol. The van der Waals surface area contributed by atoms with Crippen LogP contribution in [0.2, 0.25) is 0 Å². The fourth-order valence-electron chi connectivity index (χ4n) is 1.69. The predicted octanol–water partition coefficient (Wildman–Crippen LogP) is 4.90. The molecule has 4 unspecified atom stereocenters. The van der Waals surface area contributed by atoms with Gasteiger partial charge in [0.25, 0.3) is 0 Å². The molecule has 0 aliphatic rings. The zero-order valence-electron chi connectivity index (χ0n) is 9.79. The highest BCUT2D eigenvalue weighted by atomic mass is 79.9. The summed E-state index contributed by atoms with van der Waals surface area (Å²) in [7, 11) is -4.47. The van der Waals surface area contributed by atoms with Gasteiger partial charge in [-0.15, -0.1) is 34.8 Å². The van der Waals surface area contributed by atoms with E-state index in [9.17, 15) is 14.4 Å². The minimum atomic E-state index is -4.47. The summed E-state index contributed by atoms with van der Waals surface area (Å²) in [4.78, 5) is 18.7. The molecule has 0 amide bonds. The van der Waals surface area contributed by atoms with Crippen LogP contribution in [0.25, 0.3) is 0 Å². The second-order valence-corrected chi connectivity index (χ2v) is 11.1. The number of hydrogen-bond donors (Lipinski definition) is 2. The molecule has 10 heteroatoms. The molecule has 0 rings (SSSR count). The summed E-state index contributed by atoms with van der Waals surface area (Å²) < 4.78 is 10.5. The van der Waals surface area contributed by atoms with Gasteiger partial charge in [0.15, 0.2) is 0 Å². The second kappa shape index (κ2) is 9.57. The summed E-state index contributed by atoms with van der Waals surface area (Å²) in [6, 6.07) is 0. The van der Waals surface area contributed by atoms with Gasteiger partial charge < -0.3 is 9.79 Å². The minimum absolute atomic E-state index is 0.0769. The van der Waals surface area contributed by atoms with E-state index in [1.54, 1.807) is 0 Å². The third-order valence-corrected chi connectivity index (χ3v) is 10.8. The van der Waals surface area contributed by atoms with Crippen LogP contribution < -0.4 is 0 Å². The van der Waals surface area contributed by atoms with Crippen LogP contribution in [-0.4, -0.2) is 41.1 Å². The molecular weight excluding hydrogens is 533 g/mol. The molecule has 0 heterocycles. The molecule has 0 spiro atoms. The van der Waals surface area contributed by atoms with Crippen molar-refractivity contribution >= 4 is 90.2 Å². The van der Waals surface area contributed by atoms with E-state index >= 15 is 0 Å². The zero-order chi connectivity index (χ0) is 15.3. The molecular formula is C9H15Br3Cl3O3P. The van der Waals surface area contributed by atoms with Crippen molar-refractivity contribution in [2.45, 2.75) is 26.6 Å². The third-order valence-electron chi connectivity index (χ3n) is 2.76. The van der Waals surface area contributed by atoms with Crippen molar-refractivity contribution in [1.82, 2.24) is 0 Å². The van der Waals surface area contributed by atoms with Gasteiger partial charge in [-0.25, -0.2) is 0 Å². The van der Waals surface area contributed by atoms with E-state index in [0.717, 1.165) is 0 Å². The maximum atomic E-state index is 11.9. The van der Waals surface area contributed by atoms with E-state index in [4.69, 9.17) is 34.8 Å². The van der Waals surface area contributed by atoms with Crippen molar-refractivity contribution < 1.29 is 14.4 Å². The molecule has 0 aromatic heterocycles. The normalized spacial score (nSPS) is 20.6. The highest BCUT2D eigenvalue weighted by molar-refractivity contribution is 9.13. The molecule has 0 fully saturated rings. The summed E-state index contributed by atoms with van der Waals surface area (Å²) in [5.41, 5.74) is 0. The highest BCUT2D eigenvalue weighted by Crippen LogP contribution is 2.64. The fraction of sp³-hybridized carbons (Fsp3) is 1.00. The molecule has 3 nitrogen and oxygen atoms in total. The molecule has 0 saturated heterocycles. The SMILES string of the molecule is O=P(O)(O)C(Br)(C(Br)CCCl)C(CCl)C(Br)CCCl. The molecule has 0 aliphatic heterocycles. The Balaban J connectivity index is 5.49. The van der Waals surface area contributed by atoms with Crippen molar-refractivity contribution in [3.05, 3.63) is 0 Å². The predicted molar refractivity (Wildman–Crippen MR) is 94.0 cm³/mol. The van der Waals surface area contributed by atoms with Gasteiger partial charge in [0.2, 0.25) is 0 Å². The summed E-state index contributed by atoms with van der Waals surface area (Å²) in [6.07, 6.45) is 0.943. The van der Waals surface area contributed by atoms with E-state index in [-0.39, 0.29) is 16.6 Å². The van der Waals surface area contributed by atoms with E-state index in [1.165, 1.54) is 0 Å². The van der Waals surface area contributed by atoms with Gasteiger partial charge >= 0.3 is 7.60 Å². The second-order valence-electron chi connectivity index (χ2n) is 3.97. The van der Waals surface area contributed by atoms with Crippen LogP contribution in [0.3, 0.4) is 0 Å². The average Bonchev–Trinajstić information content (AvgIpc) is 2.28. The number of rotatable bonds is 9. The molecule has 0 saturated carbocycles. The first-order valence-corrected chi connectivity index (χ1v) is 11.2. The number of halogens is 6. The van der Waals surface area contributed by atoms with Gasteiger partial charge in [-0.05, 0) is 12.8 Å². The average molecular weight is 548 g/mol. The standard InChI is InChI=1S/C9H15Br3Cl3O3P/c10-7(1-3-13)6(5-15)9(12,19(16,17)18)8(11)2-4-14/h6-8H,1-5H2,(H2,16,17,18). The first-order chi connectivity index (χ1) is 8.66. The largest absolute Gasteiger partial charge is 0.343 e. The van der Waals surface area contributed by atoms with Gasteiger partial charge in [0.05, 0.1) is 0 Å². The Hall–Kier alpha value is 2.46. The summed E-state index contributed by atoms with van der Waals surface area (Å²) in [5, 5.41) is 0. The molecule has 2 N–H and O–H groups in total. The van der Waals surface area contributed by atoms with E-state index in [1.807, 2.05) is 0 Å². The van der Waals surface area contributed by atoms with Crippen LogP contribution in [0.15, 0.2) is 0 Å².